The van der Waals surface area contributed by atoms with Gasteiger partial charge in [-0.3, -0.25) is 0 Å². The van der Waals surface area contributed by atoms with Crippen LogP contribution >= 0.6 is 11.6 Å². The molecule has 0 amide bonds. The van der Waals surface area contributed by atoms with Gasteiger partial charge in [0.2, 0.25) is 0 Å². The summed E-state index contributed by atoms with van der Waals surface area (Å²) in [6.07, 6.45) is 3.33. The van der Waals surface area contributed by atoms with Crippen LogP contribution in [0.4, 0.5) is 0 Å². The lowest BCUT2D eigenvalue weighted by Gasteiger charge is -2.09. The lowest BCUT2D eigenvalue weighted by Crippen LogP contribution is -2.19. The lowest BCUT2D eigenvalue weighted by atomic mass is 10.3. The largest absolute Gasteiger partial charge is 0.385 e. The summed E-state index contributed by atoms with van der Waals surface area (Å²) in [5.41, 5.74) is 2.15. The van der Waals surface area contributed by atoms with E-state index in [1.54, 1.807) is 7.11 Å². The van der Waals surface area contributed by atoms with Crippen LogP contribution in [0.25, 0.3) is 11.0 Å². The molecule has 0 fully saturated rings. The molecule has 2 rings (SSSR count). The molecule has 4 nitrogen and oxygen atoms in total. The molecule has 1 aromatic carbocycles. The molecule has 0 radical (unpaired) electrons. The van der Waals surface area contributed by atoms with Crippen LogP contribution in [0.15, 0.2) is 18.2 Å². The summed E-state index contributed by atoms with van der Waals surface area (Å²) >= 11 is 6.12. The number of halogens is 1. The zero-order valence-corrected chi connectivity index (χ0v) is 13.6. The fourth-order valence-corrected chi connectivity index (χ4v) is 2.55. The number of fused-ring (bicyclic) bond motifs is 1. The van der Waals surface area contributed by atoms with Crippen molar-refractivity contribution in [3.05, 3.63) is 29.0 Å². The third-order valence-corrected chi connectivity index (χ3v) is 3.74. The third-order valence-electron chi connectivity index (χ3n) is 3.51. The number of aryl methyl sites for hydroxylation is 1. The van der Waals surface area contributed by atoms with E-state index in [0.717, 1.165) is 61.0 Å². The normalized spacial score (nSPS) is 11.4. The average Bonchev–Trinajstić information content (AvgIpc) is 2.82. The van der Waals surface area contributed by atoms with E-state index < -0.39 is 0 Å². The van der Waals surface area contributed by atoms with Gasteiger partial charge in [-0.15, -0.1) is 0 Å². The van der Waals surface area contributed by atoms with Gasteiger partial charge < -0.3 is 14.6 Å². The molecule has 0 unspecified atom stereocenters. The Morgan fingerprint density at radius 3 is 2.95 bits per heavy atom. The standard InChI is InChI=1S/C16H24ClN3O/c1-3-4-9-20-15-11-13(17)6-7-14(15)19-16(20)12-18-8-5-10-21-2/h6-7,11,18H,3-5,8-10,12H2,1-2H3. The Labute approximate surface area is 131 Å². The summed E-state index contributed by atoms with van der Waals surface area (Å²) in [6.45, 7) is 5.69. The lowest BCUT2D eigenvalue weighted by molar-refractivity contribution is 0.194. The average molecular weight is 310 g/mol. The number of nitrogens with zero attached hydrogens (tertiary/aromatic N) is 2. The zero-order chi connectivity index (χ0) is 15.1. The van der Waals surface area contributed by atoms with Crippen molar-refractivity contribution < 1.29 is 4.74 Å². The molecule has 0 saturated heterocycles. The van der Waals surface area contributed by atoms with Crippen LogP contribution < -0.4 is 5.32 Å². The number of unbranched alkanes of at least 4 members (excludes halogenated alkanes) is 1. The summed E-state index contributed by atoms with van der Waals surface area (Å²) in [7, 11) is 1.73. The van der Waals surface area contributed by atoms with Crippen molar-refractivity contribution >= 4 is 22.6 Å². The quantitative estimate of drug-likeness (QED) is 0.719. The van der Waals surface area contributed by atoms with Crippen LogP contribution in [0, 0.1) is 0 Å². The van der Waals surface area contributed by atoms with Gasteiger partial charge in [0.05, 0.1) is 17.6 Å². The number of hydrogen-bond donors (Lipinski definition) is 1. The van der Waals surface area contributed by atoms with E-state index in [1.165, 1.54) is 6.42 Å². The zero-order valence-electron chi connectivity index (χ0n) is 12.9. The highest BCUT2D eigenvalue weighted by atomic mass is 35.5. The van der Waals surface area contributed by atoms with Crippen LogP contribution in [0.3, 0.4) is 0 Å². The number of nitrogens with one attached hydrogen (secondary N) is 1. The molecule has 2 aromatic rings. The Morgan fingerprint density at radius 1 is 1.33 bits per heavy atom. The maximum atomic E-state index is 6.12. The maximum absolute atomic E-state index is 6.12. The van der Waals surface area contributed by atoms with Gasteiger partial charge in [0.25, 0.3) is 0 Å². The van der Waals surface area contributed by atoms with Crippen molar-refractivity contribution in [1.29, 1.82) is 0 Å². The minimum atomic E-state index is 0.764. The Balaban J connectivity index is 2.12. The van der Waals surface area contributed by atoms with Gasteiger partial charge in [-0.2, -0.15) is 0 Å². The first-order chi connectivity index (χ1) is 10.3. The van der Waals surface area contributed by atoms with Crippen molar-refractivity contribution in [2.24, 2.45) is 0 Å². The minimum Gasteiger partial charge on any atom is -0.385 e. The van der Waals surface area contributed by atoms with Crippen molar-refractivity contribution in [2.45, 2.75) is 39.3 Å². The Hall–Kier alpha value is -1.10. The fourth-order valence-electron chi connectivity index (χ4n) is 2.39. The fraction of sp³-hybridized carbons (Fsp3) is 0.562. The summed E-state index contributed by atoms with van der Waals surface area (Å²) < 4.78 is 7.34. The highest BCUT2D eigenvalue weighted by Gasteiger charge is 2.10. The summed E-state index contributed by atoms with van der Waals surface area (Å²) in [5.74, 6) is 1.08. The monoisotopic (exact) mass is 309 g/mol. The van der Waals surface area contributed by atoms with E-state index in [4.69, 9.17) is 21.3 Å². The summed E-state index contributed by atoms with van der Waals surface area (Å²) in [6, 6.07) is 5.90. The smallest absolute Gasteiger partial charge is 0.123 e. The van der Waals surface area contributed by atoms with Crippen molar-refractivity contribution in [3.8, 4) is 0 Å². The van der Waals surface area contributed by atoms with Gasteiger partial charge in [-0.25, -0.2) is 4.98 Å². The number of aromatic nitrogens is 2. The Kier molecular flexibility index (Phi) is 6.49. The van der Waals surface area contributed by atoms with E-state index in [0.29, 0.717) is 0 Å². The van der Waals surface area contributed by atoms with Crippen LogP contribution in [0.2, 0.25) is 5.02 Å². The molecule has 0 saturated carbocycles. The predicted octanol–water partition coefficient (Wildman–Crippen LogP) is 3.62. The summed E-state index contributed by atoms with van der Waals surface area (Å²) in [5, 5.41) is 4.20. The Bertz CT molecular complexity index is 568. The van der Waals surface area contributed by atoms with Crippen molar-refractivity contribution in [2.75, 3.05) is 20.3 Å². The second-order valence-electron chi connectivity index (χ2n) is 5.19. The van der Waals surface area contributed by atoms with Crippen LogP contribution in [0.1, 0.15) is 32.0 Å². The van der Waals surface area contributed by atoms with E-state index in [1.807, 2.05) is 18.2 Å². The minimum absolute atomic E-state index is 0.764. The van der Waals surface area contributed by atoms with E-state index in [9.17, 15) is 0 Å². The number of hydrogen-bond acceptors (Lipinski definition) is 3. The summed E-state index contributed by atoms with van der Waals surface area (Å²) in [4.78, 5) is 4.74. The molecule has 116 valence electrons. The second-order valence-corrected chi connectivity index (χ2v) is 5.63. The molecule has 0 aliphatic heterocycles. The molecule has 0 atom stereocenters. The number of imidazole rings is 1. The van der Waals surface area contributed by atoms with Crippen LogP contribution in [-0.4, -0.2) is 29.8 Å². The SMILES string of the molecule is CCCCn1c(CNCCCOC)nc2ccc(Cl)cc21. The highest BCUT2D eigenvalue weighted by molar-refractivity contribution is 6.31. The molecule has 0 aliphatic rings. The van der Waals surface area contributed by atoms with Gasteiger partial charge in [0.1, 0.15) is 5.82 Å². The van der Waals surface area contributed by atoms with E-state index >= 15 is 0 Å². The van der Waals surface area contributed by atoms with Gasteiger partial charge in [0, 0.05) is 25.3 Å². The molecule has 0 bridgehead atoms. The first-order valence-electron chi connectivity index (χ1n) is 7.60. The molecule has 0 aliphatic carbocycles. The van der Waals surface area contributed by atoms with Gasteiger partial charge in [-0.05, 0) is 37.6 Å². The first kappa shape index (κ1) is 16.3. The van der Waals surface area contributed by atoms with Crippen molar-refractivity contribution in [3.63, 3.8) is 0 Å². The molecular weight excluding hydrogens is 286 g/mol. The molecular formula is C16H24ClN3O. The maximum Gasteiger partial charge on any atom is 0.123 e. The van der Waals surface area contributed by atoms with Crippen LogP contribution in [0.5, 0.6) is 0 Å². The van der Waals surface area contributed by atoms with Crippen LogP contribution in [-0.2, 0) is 17.8 Å². The molecule has 1 aromatic heterocycles. The van der Waals surface area contributed by atoms with Gasteiger partial charge >= 0.3 is 0 Å². The second kappa shape index (κ2) is 8.37. The Morgan fingerprint density at radius 2 is 2.19 bits per heavy atom. The van der Waals surface area contributed by atoms with E-state index in [-0.39, 0.29) is 0 Å². The van der Waals surface area contributed by atoms with Gasteiger partial charge in [0.15, 0.2) is 0 Å². The number of rotatable bonds is 9. The highest BCUT2D eigenvalue weighted by Crippen LogP contribution is 2.21. The molecule has 21 heavy (non-hydrogen) atoms. The van der Waals surface area contributed by atoms with E-state index in [2.05, 4.69) is 16.8 Å². The number of methoxy groups -OCH3 is 1. The molecule has 5 heteroatoms. The van der Waals surface area contributed by atoms with Crippen molar-refractivity contribution in [1.82, 2.24) is 14.9 Å². The number of ether oxygens (including phenoxy) is 1. The third kappa shape index (κ3) is 4.43. The molecule has 1 heterocycles. The van der Waals surface area contributed by atoms with Gasteiger partial charge in [-0.1, -0.05) is 24.9 Å². The topological polar surface area (TPSA) is 39.1 Å². The predicted molar refractivity (Wildman–Crippen MR) is 87.9 cm³/mol. The number of benzene rings is 1. The molecule has 0 spiro atoms. The molecule has 1 N–H and O–H groups in total. The first-order valence-corrected chi connectivity index (χ1v) is 7.98.